The van der Waals surface area contributed by atoms with Crippen LogP contribution in [-0.4, -0.2) is 29.3 Å². The highest BCUT2D eigenvalue weighted by atomic mass is 16.1. The van der Waals surface area contributed by atoms with Gasteiger partial charge in [0.05, 0.1) is 5.54 Å². The van der Waals surface area contributed by atoms with Crippen molar-refractivity contribution in [3.8, 4) is 0 Å². The number of Topliss-reactive ketones (excluding diaryl/α,β-unsaturated/α-hetero) is 1. The highest BCUT2D eigenvalue weighted by Crippen LogP contribution is 2.19. The molecule has 0 aliphatic heterocycles. The molecule has 0 amide bonds. The molecular weight excluding hydrogens is 246 g/mol. The molecule has 0 spiro atoms. The standard InChI is InChI=1S/C18H37NO/c1-6-9-10-11-12-13-14-15-16-17(20)18(4,5)19(7-2)8-3/h6-16H2,1-5H3. The van der Waals surface area contributed by atoms with Gasteiger partial charge in [0.2, 0.25) is 0 Å². The lowest BCUT2D eigenvalue weighted by Gasteiger charge is -2.35. The summed E-state index contributed by atoms with van der Waals surface area (Å²) in [6, 6.07) is 0. The van der Waals surface area contributed by atoms with Crippen molar-refractivity contribution in [2.45, 2.75) is 97.9 Å². The van der Waals surface area contributed by atoms with E-state index < -0.39 is 0 Å². The van der Waals surface area contributed by atoms with Gasteiger partial charge in [-0.2, -0.15) is 0 Å². The molecule has 0 aromatic rings. The van der Waals surface area contributed by atoms with Crippen LogP contribution in [0.15, 0.2) is 0 Å². The van der Waals surface area contributed by atoms with Gasteiger partial charge < -0.3 is 0 Å². The Morgan fingerprint density at radius 3 is 1.70 bits per heavy atom. The summed E-state index contributed by atoms with van der Waals surface area (Å²) in [6.07, 6.45) is 11.1. The lowest BCUT2D eigenvalue weighted by atomic mass is 9.92. The summed E-state index contributed by atoms with van der Waals surface area (Å²) in [4.78, 5) is 14.6. The Balaban J connectivity index is 3.77. The minimum Gasteiger partial charge on any atom is -0.298 e. The molecule has 0 aromatic carbocycles. The maximum atomic E-state index is 12.4. The number of nitrogens with zero attached hydrogens (tertiary/aromatic N) is 1. The summed E-state index contributed by atoms with van der Waals surface area (Å²) in [5, 5.41) is 0. The van der Waals surface area contributed by atoms with Crippen molar-refractivity contribution < 1.29 is 4.79 Å². The van der Waals surface area contributed by atoms with Gasteiger partial charge in [0.15, 0.2) is 5.78 Å². The first-order valence-electron chi connectivity index (χ1n) is 8.79. The van der Waals surface area contributed by atoms with E-state index in [1.165, 1.54) is 44.9 Å². The average molecular weight is 284 g/mol. The summed E-state index contributed by atoms with van der Waals surface area (Å²) >= 11 is 0. The number of hydrogen-bond donors (Lipinski definition) is 0. The molecule has 0 aliphatic carbocycles. The van der Waals surface area contributed by atoms with Crippen LogP contribution < -0.4 is 0 Å². The van der Waals surface area contributed by atoms with Crippen LogP contribution in [-0.2, 0) is 4.79 Å². The molecule has 0 unspecified atom stereocenters. The Hall–Kier alpha value is -0.370. The van der Waals surface area contributed by atoms with Crippen LogP contribution in [0.3, 0.4) is 0 Å². The minimum absolute atomic E-state index is 0.287. The second kappa shape index (κ2) is 11.3. The van der Waals surface area contributed by atoms with Gasteiger partial charge >= 0.3 is 0 Å². The maximum absolute atomic E-state index is 12.4. The third kappa shape index (κ3) is 7.42. The molecule has 0 atom stereocenters. The van der Waals surface area contributed by atoms with Crippen molar-refractivity contribution in [1.29, 1.82) is 0 Å². The molecule has 0 saturated heterocycles. The lowest BCUT2D eigenvalue weighted by molar-refractivity contribution is -0.129. The molecule has 20 heavy (non-hydrogen) atoms. The Kier molecular flexibility index (Phi) is 11.1. The third-order valence-corrected chi connectivity index (χ3v) is 4.49. The van der Waals surface area contributed by atoms with E-state index in [-0.39, 0.29) is 5.54 Å². The highest BCUT2D eigenvalue weighted by molar-refractivity contribution is 5.87. The summed E-state index contributed by atoms with van der Waals surface area (Å²) in [5.74, 6) is 0.409. The Bertz CT molecular complexity index is 244. The Morgan fingerprint density at radius 2 is 1.25 bits per heavy atom. The van der Waals surface area contributed by atoms with E-state index in [9.17, 15) is 4.79 Å². The number of carbonyl (C=O) groups is 1. The molecule has 0 aromatic heterocycles. The second-order valence-corrected chi connectivity index (χ2v) is 6.38. The van der Waals surface area contributed by atoms with Crippen molar-refractivity contribution in [3.63, 3.8) is 0 Å². The van der Waals surface area contributed by atoms with Crippen LogP contribution in [0.4, 0.5) is 0 Å². The van der Waals surface area contributed by atoms with E-state index in [1.807, 2.05) is 0 Å². The highest BCUT2D eigenvalue weighted by Gasteiger charge is 2.31. The predicted molar refractivity (Wildman–Crippen MR) is 89.2 cm³/mol. The van der Waals surface area contributed by atoms with Gasteiger partial charge in [0, 0.05) is 6.42 Å². The van der Waals surface area contributed by atoms with E-state index in [4.69, 9.17) is 0 Å². The molecule has 0 heterocycles. The van der Waals surface area contributed by atoms with Gasteiger partial charge in [-0.1, -0.05) is 65.7 Å². The molecule has 2 nitrogen and oxygen atoms in total. The van der Waals surface area contributed by atoms with Crippen molar-refractivity contribution in [3.05, 3.63) is 0 Å². The van der Waals surface area contributed by atoms with Gasteiger partial charge in [-0.05, 0) is 33.4 Å². The topological polar surface area (TPSA) is 20.3 Å². The Labute approximate surface area is 127 Å². The smallest absolute Gasteiger partial charge is 0.152 e. The van der Waals surface area contributed by atoms with E-state index in [0.29, 0.717) is 5.78 Å². The first-order valence-corrected chi connectivity index (χ1v) is 8.79. The quantitative estimate of drug-likeness (QED) is 0.433. The molecule has 0 radical (unpaired) electrons. The summed E-state index contributed by atoms with van der Waals surface area (Å²) in [7, 11) is 0. The fourth-order valence-corrected chi connectivity index (χ4v) is 2.92. The van der Waals surface area contributed by atoms with Gasteiger partial charge in [-0.15, -0.1) is 0 Å². The monoisotopic (exact) mass is 283 g/mol. The van der Waals surface area contributed by atoms with Crippen molar-refractivity contribution in [1.82, 2.24) is 4.90 Å². The van der Waals surface area contributed by atoms with E-state index in [1.54, 1.807) is 0 Å². The summed E-state index contributed by atoms with van der Waals surface area (Å²) < 4.78 is 0. The lowest BCUT2D eigenvalue weighted by Crippen LogP contribution is -2.49. The minimum atomic E-state index is -0.287. The SMILES string of the molecule is CCCCCCCCCCC(=O)C(C)(C)N(CC)CC. The van der Waals surface area contributed by atoms with Crippen molar-refractivity contribution >= 4 is 5.78 Å². The van der Waals surface area contributed by atoms with Crippen molar-refractivity contribution in [2.75, 3.05) is 13.1 Å². The van der Waals surface area contributed by atoms with Crippen molar-refractivity contribution in [2.24, 2.45) is 0 Å². The molecule has 2 heteroatoms. The Morgan fingerprint density at radius 1 is 0.800 bits per heavy atom. The number of carbonyl (C=O) groups excluding carboxylic acids is 1. The number of ketones is 1. The molecule has 120 valence electrons. The van der Waals surface area contributed by atoms with E-state index in [0.717, 1.165) is 25.9 Å². The summed E-state index contributed by atoms with van der Waals surface area (Å²) in [5.41, 5.74) is -0.287. The van der Waals surface area contributed by atoms with Gasteiger partial charge in [-0.25, -0.2) is 0 Å². The largest absolute Gasteiger partial charge is 0.298 e. The van der Waals surface area contributed by atoms with Crippen LogP contribution in [0.5, 0.6) is 0 Å². The molecule has 0 N–H and O–H groups in total. The van der Waals surface area contributed by atoms with Crippen LogP contribution in [0, 0.1) is 0 Å². The number of unbranched alkanes of at least 4 members (excludes halogenated alkanes) is 7. The fourth-order valence-electron chi connectivity index (χ4n) is 2.92. The van der Waals surface area contributed by atoms with Crippen LogP contribution >= 0.6 is 0 Å². The molecule has 0 aliphatic rings. The molecule has 0 saturated carbocycles. The van der Waals surface area contributed by atoms with Gasteiger partial charge in [0.1, 0.15) is 0 Å². The fraction of sp³-hybridized carbons (Fsp3) is 0.944. The zero-order valence-electron chi connectivity index (χ0n) is 14.6. The molecule has 0 rings (SSSR count). The molecular formula is C18H37NO. The first-order chi connectivity index (χ1) is 9.50. The number of likely N-dealkylation sites (N-methyl/N-ethyl adjacent to an activating group) is 1. The first kappa shape index (κ1) is 19.6. The average Bonchev–Trinajstić information content (AvgIpc) is 2.42. The zero-order valence-corrected chi connectivity index (χ0v) is 14.6. The van der Waals surface area contributed by atoms with E-state index in [2.05, 4.69) is 39.5 Å². The molecule has 0 bridgehead atoms. The van der Waals surface area contributed by atoms with Crippen LogP contribution in [0.1, 0.15) is 92.4 Å². The van der Waals surface area contributed by atoms with Crippen LogP contribution in [0.2, 0.25) is 0 Å². The summed E-state index contributed by atoms with van der Waals surface area (Å²) in [6.45, 7) is 12.6. The normalized spacial score (nSPS) is 12.1. The number of rotatable bonds is 13. The van der Waals surface area contributed by atoms with Crippen LogP contribution in [0.25, 0.3) is 0 Å². The van der Waals surface area contributed by atoms with E-state index >= 15 is 0 Å². The predicted octanol–water partition coefficient (Wildman–Crippen LogP) is 5.21. The van der Waals surface area contributed by atoms with Gasteiger partial charge in [-0.3, -0.25) is 9.69 Å². The van der Waals surface area contributed by atoms with Gasteiger partial charge in [0.25, 0.3) is 0 Å². The zero-order chi connectivity index (χ0) is 15.4. The molecule has 0 fully saturated rings. The number of hydrogen-bond acceptors (Lipinski definition) is 2. The maximum Gasteiger partial charge on any atom is 0.152 e. The third-order valence-electron chi connectivity index (χ3n) is 4.49. The second-order valence-electron chi connectivity index (χ2n) is 6.38.